The first kappa shape index (κ1) is 22.4. The van der Waals surface area contributed by atoms with Crippen LogP contribution in [0.5, 0.6) is 11.5 Å². The summed E-state index contributed by atoms with van der Waals surface area (Å²) in [5.74, 6) is 0.478. The van der Waals surface area contributed by atoms with Crippen molar-refractivity contribution in [3.63, 3.8) is 0 Å². The van der Waals surface area contributed by atoms with Crippen molar-refractivity contribution in [2.45, 2.75) is 30.7 Å². The maximum absolute atomic E-state index is 12.9. The van der Waals surface area contributed by atoms with Gasteiger partial charge >= 0.3 is 0 Å². The SMILES string of the molecule is COc1ccc([C@H](C)NC(=O)COc2ccc(Cl)cc2S(=O)(=O)N2CCCC2)cc1. The highest BCUT2D eigenvalue weighted by molar-refractivity contribution is 7.89. The second-order valence-electron chi connectivity index (χ2n) is 7.05. The third-order valence-electron chi connectivity index (χ3n) is 4.94. The molecule has 9 heteroatoms. The number of carbonyl (C=O) groups excluding carboxylic acids is 1. The Bertz CT molecular complexity index is 989. The largest absolute Gasteiger partial charge is 0.497 e. The van der Waals surface area contributed by atoms with Crippen LogP contribution in [0.25, 0.3) is 0 Å². The van der Waals surface area contributed by atoms with Crippen LogP contribution in [0.4, 0.5) is 0 Å². The summed E-state index contributed by atoms with van der Waals surface area (Å²) in [6, 6.07) is 11.5. The quantitative estimate of drug-likeness (QED) is 0.663. The Labute approximate surface area is 182 Å². The fraction of sp³-hybridized carbons (Fsp3) is 0.381. The summed E-state index contributed by atoms with van der Waals surface area (Å²) < 4.78 is 38.0. The van der Waals surface area contributed by atoms with Gasteiger partial charge in [-0.25, -0.2) is 8.42 Å². The predicted molar refractivity (Wildman–Crippen MR) is 114 cm³/mol. The molecule has 1 N–H and O–H groups in total. The third kappa shape index (κ3) is 5.24. The van der Waals surface area contributed by atoms with E-state index in [9.17, 15) is 13.2 Å². The Morgan fingerprint density at radius 1 is 1.17 bits per heavy atom. The molecule has 1 aliphatic heterocycles. The lowest BCUT2D eigenvalue weighted by Gasteiger charge is -2.19. The van der Waals surface area contributed by atoms with Crippen LogP contribution in [-0.4, -0.2) is 45.4 Å². The summed E-state index contributed by atoms with van der Waals surface area (Å²) in [6.45, 7) is 2.47. The van der Waals surface area contributed by atoms with Crippen molar-refractivity contribution in [2.24, 2.45) is 0 Å². The van der Waals surface area contributed by atoms with Crippen molar-refractivity contribution in [2.75, 3.05) is 26.8 Å². The van der Waals surface area contributed by atoms with Gasteiger partial charge in [0.15, 0.2) is 6.61 Å². The average Bonchev–Trinajstić information content (AvgIpc) is 3.28. The minimum absolute atomic E-state index is 0.0205. The van der Waals surface area contributed by atoms with Gasteiger partial charge in [0.1, 0.15) is 16.4 Å². The second kappa shape index (κ2) is 9.68. The zero-order valence-corrected chi connectivity index (χ0v) is 18.5. The molecule has 0 saturated carbocycles. The zero-order chi connectivity index (χ0) is 21.7. The molecule has 3 rings (SSSR count). The first-order chi connectivity index (χ1) is 14.3. The number of carbonyl (C=O) groups is 1. The topological polar surface area (TPSA) is 84.9 Å². The number of nitrogens with zero attached hydrogens (tertiary/aromatic N) is 1. The third-order valence-corrected chi connectivity index (χ3v) is 7.10. The van der Waals surface area contributed by atoms with Crippen molar-refractivity contribution in [3.8, 4) is 11.5 Å². The Balaban J connectivity index is 1.67. The van der Waals surface area contributed by atoms with E-state index in [0.717, 1.165) is 24.2 Å². The van der Waals surface area contributed by atoms with Crippen LogP contribution in [0.3, 0.4) is 0 Å². The minimum Gasteiger partial charge on any atom is -0.497 e. The summed E-state index contributed by atoms with van der Waals surface area (Å²) in [7, 11) is -2.14. The van der Waals surface area contributed by atoms with E-state index in [1.54, 1.807) is 7.11 Å². The van der Waals surface area contributed by atoms with Crippen LogP contribution < -0.4 is 14.8 Å². The Hall–Kier alpha value is -2.29. The van der Waals surface area contributed by atoms with Gasteiger partial charge in [0.25, 0.3) is 5.91 Å². The van der Waals surface area contributed by atoms with E-state index in [4.69, 9.17) is 21.1 Å². The Morgan fingerprint density at radius 3 is 2.47 bits per heavy atom. The first-order valence-corrected chi connectivity index (χ1v) is 11.5. The molecule has 1 atom stereocenters. The van der Waals surface area contributed by atoms with Crippen molar-refractivity contribution < 1.29 is 22.7 Å². The molecule has 0 bridgehead atoms. The molecule has 0 unspecified atom stereocenters. The summed E-state index contributed by atoms with van der Waals surface area (Å²) in [5, 5.41) is 3.13. The van der Waals surface area contributed by atoms with Gasteiger partial charge in [0.05, 0.1) is 13.2 Å². The van der Waals surface area contributed by atoms with Gasteiger partial charge in [0, 0.05) is 18.1 Å². The molecule has 2 aromatic carbocycles. The zero-order valence-electron chi connectivity index (χ0n) is 16.9. The molecule has 1 fully saturated rings. The monoisotopic (exact) mass is 452 g/mol. The summed E-state index contributed by atoms with van der Waals surface area (Å²) in [5.41, 5.74) is 0.910. The molecule has 1 aliphatic rings. The van der Waals surface area contributed by atoms with Crippen LogP contribution >= 0.6 is 11.6 Å². The molecule has 30 heavy (non-hydrogen) atoms. The van der Waals surface area contributed by atoms with Gasteiger partial charge in [-0.1, -0.05) is 23.7 Å². The van der Waals surface area contributed by atoms with Crippen molar-refractivity contribution in [1.29, 1.82) is 0 Å². The lowest BCUT2D eigenvalue weighted by molar-refractivity contribution is -0.123. The maximum Gasteiger partial charge on any atom is 0.258 e. The molecule has 0 radical (unpaired) electrons. The van der Waals surface area contributed by atoms with Gasteiger partial charge in [-0.05, 0) is 55.7 Å². The van der Waals surface area contributed by atoms with Crippen LogP contribution in [0, 0.1) is 0 Å². The number of amides is 1. The van der Waals surface area contributed by atoms with E-state index < -0.39 is 10.0 Å². The number of sulfonamides is 1. The molecule has 0 aromatic heterocycles. The van der Waals surface area contributed by atoms with Crippen molar-refractivity contribution >= 4 is 27.5 Å². The highest BCUT2D eigenvalue weighted by Crippen LogP contribution is 2.31. The van der Waals surface area contributed by atoms with E-state index in [1.165, 1.54) is 22.5 Å². The average molecular weight is 453 g/mol. The standard InChI is InChI=1S/C21H25ClN2O5S/c1-15(16-5-8-18(28-2)9-6-16)23-21(25)14-29-19-10-7-17(22)13-20(19)30(26,27)24-11-3-4-12-24/h5-10,13,15H,3-4,11-12,14H2,1-2H3,(H,23,25)/t15-/m0/s1. The first-order valence-electron chi connectivity index (χ1n) is 9.67. The highest BCUT2D eigenvalue weighted by Gasteiger charge is 2.30. The van der Waals surface area contributed by atoms with E-state index in [-0.39, 0.29) is 34.2 Å². The fourth-order valence-electron chi connectivity index (χ4n) is 3.27. The molecule has 0 aliphatic carbocycles. The van der Waals surface area contributed by atoms with Gasteiger partial charge < -0.3 is 14.8 Å². The number of nitrogens with one attached hydrogen (secondary N) is 1. The Morgan fingerprint density at radius 2 is 1.83 bits per heavy atom. The normalized spacial score (nSPS) is 15.6. The number of halogens is 1. The van der Waals surface area contributed by atoms with E-state index >= 15 is 0 Å². The Kier molecular flexibility index (Phi) is 7.23. The second-order valence-corrected chi connectivity index (χ2v) is 9.40. The molecule has 1 saturated heterocycles. The summed E-state index contributed by atoms with van der Waals surface area (Å²) >= 11 is 6.02. The van der Waals surface area contributed by atoms with Crippen LogP contribution in [0.1, 0.15) is 31.4 Å². The van der Waals surface area contributed by atoms with E-state index in [1.807, 2.05) is 31.2 Å². The summed E-state index contributed by atoms with van der Waals surface area (Å²) in [6.07, 6.45) is 1.64. The highest BCUT2D eigenvalue weighted by atomic mass is 35.5. The molecule has 2 aromatic rings. The van der Waals surface area contributed by atoms with Crippen LogP contribution in [-0.2, 0) is 14.8 Å². The maximum atomic E-state index is 12.9. The lowest BCUT2D eigenvalue weighted by atomic mass is 10.1. The molecule has 7 nitrogen and oxygen atoms in total. The fourth-order valence-corrected chi connectivity index (χ4v) is 5.18. The predicted octanol–water partition coefficient (Wildman–Crippen LogP) is 3.39. The molecule has 1 amide bonds. The van der Waals surface area contributed by atoms with Crippen LogP contribution in [0.2, 0.25) is 5.02 Å². The molecular formula is C21H25ClN2O5S. The molecular weight excluding hydrogens is 428 g/mol. The number of benzene rings is 2. The van der Waals surface area contributed by atoms with Crippen molar-refractivity contribution in [1.82, 2.24) is 9.62 Å². The van der Waals surface area contributed by atoms with E-state index in [0.29, 0.717) is 13.1 Å². The van der Waals surface area contributed by atoms with Gasteiger partial charge in [-0.15, -0.1) is 0 Å². The smallest absolute Gasteiger partial charge is 0.258 e. The van der Waals surface area contributed by atoms with Gasteiger partial charge in [-0.2, -0.15) is 4.31 Å². The van der Waals surface area contributed by atoms with E-state index in [2.05, 4.69) is 5.32 Å². The van der Waals surface area contributed by atoms with Crippen molar-refractivity contribution in [3.05, 3.63) is 53.1 Å². The number of rotatable bonds is 8. The van der Waals surface area contributed by atoms with Gasteiger partial charge in [-0.3, -0.25) is 4.79 Å². The number of hydrogen-bond acceptors (Lipinski definition) is 5. The summed E-state index contributed by atoms with van der Waals surface area (Å²) in [4.78, 5) is 12.3. The number of methoxy groups -OCH3 is 1. The minimum atomic E-state index is -3.73. The molecule has 1 heterocycles. The molecule has 0 spiro atoms. The number of hydrogen-bond donors (Lipinski definition) is 1. The van der Waals surface area contributed by atoms with Crippen LogP contribution in [0.15, 0.2) is 47.4 Å². The number of ether oxygens (including phenoxy) is 2. The molecule has 162 valence electrons. The lowest BCUT2D eigenvalue weighted by Crippen LogP contribution is -2.32. The van der Waals surface area contributed by atoms with Gasteiger partial charge in [0.2, 0.25) is 10.0 Å².